The van der Waals surface area contributed by atoms with E-state index in [4.69, 9.17) is 14.2 Å². The molecule has 1 amide bonds. The van der Waals surface area contributed by atoms with Crippen LogP contribution in [0.4, 0.5) is 0 Å². The van der Waals surface area contributed by atoms with Crippen LogP contribution >= 0.6 is 0 Å². The van der Waals surface area contributed by atoms with Crippen molar-refractivity contribution < 1.29 is 23.8 Å². The Morgan fingerprint density at radius 3 is 2.71 bits per heavy atom. The van der Waals surface area contributed by atoms with E-state index in [9.17, 15) is 9.59 Å². The smallest absolute Gasteiger partial charge is 0.338 e. The third-order valence-electron chi connectivity index (χ3n) is 4.15. The number of hydrogen-bond acceptors (Lipinski definition) is 6. The van der Waals surface area contributed by atoms with Gasteiger partial charge in [-0.25, -0.2) is 9.78 Å². The maximum atomic E-state index is 12.1. The van der Waals surface area contributed by atoms with Gasteiger partial charge in [0.05, 0.1) is 5.56 Å². The molecule has 8 nitrogen and oxygen atoms in total. The summed E-state index contributed by atoms with van der Waals surface area (Å²) in [6.07, 6.45) is 3.37. The molecule has 1 aliphatic heterocycles. The number of hydrogen-bond donors (Lipinski definition) is 2. The highest BCUT2D eigenvalue weighted by Gasteiger charge is 2.14. The van der Waals surface area contributed by atoms with Gasteiger partial charge in [0.25, 0.3) is 5.91 Å². The number of aromatic nitrogens is 2. The van der Waals surface area contributed by atoms with E-state index in [1.54, 1.807) is 48.8 Å². The zero-order chi connectivity index (χ0) is 19.3. The molecule has 2 heterocycles. The zero-order valence-corrected chi connectivity index (χ0v) is 14.8. The molecule has 2 aromatic carbocycles. The van der Waals surface area contributed by atoms with Crippen molar-refractivity contribution in [3.8, 4) is 22.9 Å². The first-order chi connectivity index (χ1) is 13.7. The van der Waals surface area contributed by atoms with Crippen molar-refractivity contribution in [1.29, 1.82) is 0 Å². The summed E-state index contributed by atoms with van der Waals surface area (Å²) < 4.78 is 15.6. The molecular formula is C20H17N3O5. The van der Waals surface area contributed by atoms with E-state index in [2.05, 4.69) is 15.3 Å². The van der Waals surface area contributed by atoms with Crippen molar-refractivity contribution in [3.63, 3.8) is 0 Å². The Morgan fingerprint density at radius 1 is 1.11 bits per heavy atom. The zero-order valence-electron chi connectivity index (χ0n) is 14.8. The first-order valence-corrected chi connectivity index (χ1v) is 8.61. The third-order valence-corrected chi connectivity index (χ3v) is 4.15. The Labute approximate surface area is 160 Å². The molecule has 4 rings (SSSR count). The van der Waals surface area contributed by atoms with Crippen molar-refractivity contribution >= 4 is 11.9 Å². The average Bonchev–Trinajstić information content (AvgIpc) is 3.42. The summed E-state index contributed by atoms with van der Waals surface area (Å²) in [4.78, 5) is 31.2. The largest absolute Gasteiger partial charge is 0.454 e. The molecule has 0 saturated heterocycles. The number of imidazole rings is 1. The fourth-order valence-corrected chi connectivity index (χ4v) is 2.70. The van der Waals surface area contributed by atoms with Crippen molar-refractivity contribution in [2.75, 3.05) is 13.4 Å². The van der Waals surface area contributed by atoms with E-state index in [0.717, 1.165) is 11.1 Å². The summed E-state index contributed by atoms with van der Waals surface area (Å²) >= 11 is 0. The number of carbonyl (C=O) groups is 2. The lowest BCUT2D eigenvalue weighted by molar-refractivity contribution is -0.124. The minimum atomic E-state index is -0.566. The van der Waals surface area contributed by atoms with E-state index in [1.807, 2.05) is 6.07 Å². The topological polar surface area (TPSA) is 103 Å². The monoisotopic (exact) mass is 379 g/mol. The van der Waals surface area contributed by atoms with Gasteiger partial charge in [-0.1, -0.05) is 18.2 Å². The standard InChI is InChI=1S/C20H17N3O5/c24-18(23-10-13-1-6-16-17(9-13)28-12-27-16)11-26-20(25)15-4-2-14(3-5-15)19-21-7-8-22-19/h1-9H,10-12H2,(H,21,22)(H,23,24). The van der Waals surface area contributed by atoms with Crippen LogP contribution in [0.5, 0.6) is 11.5 Å². The molecule has 28 heavy (non-hydrogen) atoms. The Morgan fingerprint density at radius 2 is 1.93 bits per heavy atom. The van der Waals surface area contributed by atoms with Gasteiger partial charge in [0.15, 0.2) is 18.1 Å². The van der Waals surface area contributed by atoms with Gasteiger partial charge in [0.1, 0.15) is 5.82 Å². The molecule has 0 fully saturated rings. The molecule has 142 valence electrons. The molecule has 0 radical (unpaired) electrons. The molecule has 3 aromatic rings. The quantitative estimate of drug-likeness (QED) is 0.637. The molecule has 0 aliphatic carbocycles. The van der Waals surface area contributed by atoms with Crippen molar-refractivity contribution in [3.05, 3.63) is 66.0 Å². The van der Waals surface area contributed by atoms with E-state index >= 15 is 0 Å². The number of esters is 1. The van der Waals surface area contributed by atoms with Gasteiger partial charge >= 0.3 is 5.97 Å². The molecular weight excluding hydrogens is 362 g/mol. The molecule has 0 spiro atoms. The van der Waals surface area contributed by atoms with Crippen molar-refractivity contribution in [2.45, 2.75) is 6.54 Å². The number of H-pyrrole nitrogens is 1. The van der Waals surface area contributed by atoms with Crippen LogP contribution in [-0.4, -0.2) is 35.2 Å². The van der Waals surface area contributed by atoms with Crippen LogP contribution in [0.15, 0.2) is 54.9 Å². The number of fused-ring (bicyclic) bond motifs is 1. The number of ether oxygens (including phenoxy) is 3. The molecule has 0 atom stereocenters. The summed E-state index contributed by atoms with van der Waals surface area (Å²) in [5, 5.41) is 2.70. The Hall–Kier alpha value is -3.81. The van der Waals surface area contributed by atoms with Gasteiger partial charge < -0.3 is 24.5 Å². The third kappa shape index (κ3) is 3.96. The first-order valence-electron chi connectivity index (χ1n) is 8.61. The van der Waals surface area contributed by atoms with Crippen LogP contribution in [0, 0.1) is 0 Å². The highest BCUT2D eigenvalue weighted by atomic mass is 16.7. The van der Waals surface area contributed by atoms with E-state index in [-0.39, 0.29) is 13.4 Å². The molecule has 0 unspecified atom stereocenters. The summed E-state index contributed by atoms with van der Waals surface area (Å²) in [7, 11) is 0. The van der Waals surface area contributed by atoms with Crippen molar-refractivity contribution in [1.82, 2.24) is 15.3 Å². The highest BCUT2D eigenvalue weighted by molar-refractivity contribution is 5.91. The molecule has 0 saturated carbocycles. The second-order valence-corrected chi connectivity index (χ2v) is 6.06. The lowest BCUT2D eigenvalue weighted by Gasteiger charge is -2.08. The summed E-state index contributed by atoms with van der Waals surface area (Å²) in [6.45, 7) is 0.137. The van der Waals surface area contributed by atoms with Crippen LogP contribution in [0.1, 0.15) is 15.9 Å². The Bertz CT molecular complexity index is 984. The van der Waals surface area contributed by atoms with E-state index < -0.39 is 11.9 Å². The number of nitrogens with one attached hydrogen (secondary N) is 2. The predicted molar refractivity (Wildman–Crippen MR) is 98.7 cm³/mol. The van der Waals surface area contributed by atoms with E-state index in [1.165, 1.54) is 0 Å². The minimum Gasteiger partial charge on any atom is -0.454 e. The molecule has 8 heteroatoms. The second-order valence-electron chi connectivity index (χ2n) is 6.06. The van der Waals surface area contributed by atoms with Crippen molar-refractivity contribution in [2.24, 2.45) is 0 Å². The number of benzene rings is 2. The number of aromatic amines is 1. The minimum absolute atomic E-state index is 0.198. The summed E-state index contributed by atoms with van der Waals surface area (Å²) in [6, 6.07) is 12.2. The van der Waals surface area contributed by atoms with Gasteiger partial charge in [-0.2, -0.15) is 0 Å². The van der Waals surface area contributed by atoms with Crippen LogP contribution in [0.3, 0.4) is 0 Å². The van der Waals surface area contributed by atoms with Crippen LogP contribution < -0.4 is 14.8 Å². The van der Waals surface area contributed by atoms with Gasteiger partial charge in [0.2, 0.25) is 6.79 Å². The first kappa shape index (κ1) is 17.6. The molecule has 1 aliphatic rings. The van der Waals surface area contributed by atoms with Gasteiger partial charge in [0, 0.05) is 24.5 Å². The number of carbonyl (C=O) groups excluding carboxylic acids is 2. The predicted octanol–water partition coefficient (Wildman–Crippen LogP) is 2.28. The number of amides is 1. The Balaban J connectivity index is 1.25. The molecule has 0 bridgehead atoms. The fourth-order valence-electron chi connectivity index (χ4n) is 2.70. The highest BCUT2D eigenvalue weighted by Crippen LogP contribution is 2.32. The second kappa shape index (κ2) is 7.83. The summed E-state index contributed by atoms with van der Waals surface area (Å²) in [5.41, 5.74) is 2.07. The van der Waals surface area contributed by atoms with Gasteiger partial charge in [-0.15, -0.1) is 0 Å². The van der Waals surface area contributed by atoms with Crippen LogP contribution in [-0.2, 0) is 16.1 Å². The lowest BCUT2D eigenvalue weighted by Crippen LogP contribution is -2.28. The SMILES string of the molecule is O=C(COC(=O)c1ccc(-c2ncc[nH]2)cc1)NCc1ccc2c(c1)OCO2. The molecule has 2 N–H and O–H groups in total. The lowest BCUT2D eigenvalue weighted by atomic mass is 10.1. The maximum absolute atomic E-state index is 12.1. The van der Waals surface area contributed by atoms with Gasteiger partial charge in [-0.05, 0) is 29.8 Å². The number of rotatable bonds is 6. The number of nitrogens with zero attached hydrogens (tertiary/aromatic N) is 1. The molecule has 1 aromatic heterocycles. The normalized spacial score (nSPS) is 11.9. The fraction of sp³-hybridized carbons (Fsp3) is 0.150. The van der Waals surface area contributed by atoms with E-state index in [0.29, 0.717) is 29.4 Å². The van der Waals surface area contributed by atoms with Gasteiger partial charge in [-0.3, -0.25) is 4.79 Å². The summed E-state index contributed by atoms with van der Waals surface area (Å²) in [5.74, 6) is 1.09. The van der Waals surface area contributed by atoms with Crippen LogP contribution in [0.25, 0.3) is 11.4 Å². The maximum Gasteiger partial charge on any atom is 0.338 e. The van der Waals surface area contributed by atoms with Crippen LogP contribution in [0.2, 0.25) is 0 Å². The average molecular weight is 379 g/mol. The Kier molecular flexibility index (Phi) is 4.92.